The molecule has 2 aromatic rings. The average Bonchev–Trinajstić information content (AvgIpc) is 2.92. The molecule has 0 spiro atoms. The Bertz CT molecular complexity index is 731. The van der Waals surface area contributed by atoms with Gasteiger partial charge in [-0.3, -0.25) is 4.79 Å². The van der Waals surface area contributed by atoms with Crippen molar-refractivity contribution in [3.05, 3.63) is 28.8 Å². The number of carbonyl (C=O) groups excluding carboxylic acids is 1. The van der Waals surface area contributed by atoms with Gasteiger partial charge >= 0.3 is 6.01 Å². The highest BCUT2D eigenvalue weighted by Gasteiger charge is 2.27. The van der Waals surface area contributed by atoms with Crippen molar-refractivity contribution in [1.29, 1.82) is 0 Å². The van der Waals surface area contributed by atoms with Gasteiger partial charge < -0.3 is 19.1 Å². The molecule has 0 radical (unpaired) electrons. The van der Waals surface area contributed by atoms with E-state index in [4.69, 9.17) is 9.26 Å². The molecule has 0 atom stereocenters. The number of rotatable bonds is 3. The van der Waals surface area contributed by atoms with Crippen LogP contribution in [0.25, 0.3) is 0 Å². The van der Waals surface area contributed by atoms with Crippen molar-refractivity contribution in [2.24, 2.45) is 0 Å². The van der Waals surface area contributed by atoms with Crippen molar-refractivity contribution in [2.75, 3.05) is 38.2 Å². The number of aryl methyl sites for hydroxylation is 3. The Morgan fingerprint density at radius 3 is 2.46 bits per heavy atom. The number of methoxy groups -OCH3 is 1. The zero-order valence-corrected chi connectivity index (χ0v) is 14.4. The molecule has 3 rings (SSSR count). The number of hydrogen-bond acceptors (Lipinski definition) is 7. The maximum Gasteiger partial charge on any atom is 0.318 e. The van der Waals surface area contributed by atoms with Crippen LogP contribution in [0.3, 0.4) is 0 Å². The summed E-state index contributed by atoms with van der Waals surface area (Å²) in [6.07, 6.45) is 0. The molecule has 1 amide bonds. The van der Waals surface area contributed by atoms with E-state index in [-0.39, 0.29) is 5.91 Å². The molecular weight excluding hydrogens is 310 g/mol. The molecule has 0 aliphatic carbocycles. The van der Waals surface area contributed by atoms with E-state index in [2.05, 4.69) is 20.0 Å². The third-order valence-corrected chi connectivity index (χ3v) is 4.14. The van der Waals surface area contributed by atoms with Gasteiger partial charge in [0.15, 0.2) is 0 Å². The fourth-order valence-electron chi connectivity index (χ4n) is 2.86. The van der Waals surface area contributed by atoms with Gasteiger partial charge in [0.05, 0.1) is 12.8 Å². The van der Waals surface area contributed by atoms with Gasteiger partial charge in [-0.2, -0.15) is 4.98 Å². The summed E-state index contributed by atoms with van der Waals surface area (Å²) in [7, 11) is 1.55. The van der Waals surface area contributed by atoms with Crippen LogP contribution in [-0.4, -0.2) is 59.2 Å². The summed E-state index contributed by atoms with van der Waals surface area (Å²) in [4.78, 5) is 25.2. The van der Waals surface area contributed by atoms with Crippen molar-refractivity contribution in [1.82, 2.24) is 20.0 Å². The molecule has 2 aromatic heterocycles. The van der Waals surface area contributed by atoms with Crippen LogP contribution >= 0.6 is 0 Å². The quantitative estimate of drug-likeness (QED) is 0.839. The summed E-state index contributed by atoms with van der Waals surface area (Å²) >= 11 is 0. The summed E-state index contributed by atoms with van der Waals surface area (Å²) < 4.78 is 10.2. The third kappa shape index (κ3) is 3.04. The van der Waals surface area contributed by atoms with Crippen molar-refractivity contribution in [3.63, 3.8) is 0 Å². The van der Waals surface area contributed by atoms with E-state index in [0.29, 0.717) is 49.2 Å². The molecule has 8 nitrogen and oxygen atoms in total. The van der Waals surface area contributed by atoms with E-state index >= 15 is 0 Å². The van der Waals surface area contributed by atoms with Crippen LogP contribution in [0.2, 0.25) is 0 Å². The average molecular weight is 331 g/mol. The number of hydrogen-bond donors (Lipinski definition) is 0. The minimum atomic E-state index is -0.0256. The van der Waals surface area contributed by atoms with Crippen LogP contribution in [-0.2, 0) is 0 Å². The second kappa shape index (κ2) is 6.46. The SMILES string of the molecule is COc1nc(C)cc(N2CCN(C(=O)c3c(C)noc3C)CC2)n1. The minimum absolute atomic E-state index is 0.0256. The summed E-state index contributed by atoms with van der Waals surface area (Å²) in [6, 6.07) is 2.29. The lowest BCUT2D eigenvalue weighted by Gasteiger charge is -2.35. The molecule has 0 N–H and O–H groups in total. The van der Waals surface area contributed by atoms with E-state index in [9.17, 15) is 4.79 Å². The Hall–Kier alpha value is -2.64. The lowest BCUT2D eigenvalue weighted by atomic mass is 10.1. The van der Waals surface area contributed by atoms with Crippen molar-refractivity contribution >= 4 is 11.7 Å². The van der Waals surface area contributed by atoms with Crippen LogP contribution in [0, 0.1) is 20.8 Å². The van der Waals surface area contributed by atoms with Crippen molar-refractivity contribution < 1.29 is 14.1 Å². The van der Waals surface area contributed by atoms with Gasteiger partial charge in [0, 0.05) is 37.9 Å². The van der Waals surface area contributed by atoms with Crippen LogP contribution in [0.15, 0.2) is 10.6 Å². The molecule has 0 unspecified atom stereocenters. The minimum Gasteiger partial charge on any atom is -0.467 e. The Labute approximate surface area is 140 Å². The number of anilines is 1. The van der Waals surface area contributed by atoms with E-state index in [1.807, 2.05) is 17.9 Å². The summed E-state index contributed by atoms with van der Waals surface area (Å²) in [5.74, 6) is 1.36. The van der Waals surface area contributed by atoms with Gasteiger partial charge in [-0.25, -0.2) is 4.98 Å². The smallest absolute Gasteiger partial charge is 0.318 e. The predicted molar refractivity (Wildman–Crippen MR) is 87.4 cm³/mol. The third-order valence-electron chi connectivity index (χ3n) is 4.14. The highest BCUT2D eigenvalue weighted by Crippen LogP contribution is 2.20. The first-order valence-electron chi connectivity index (χ1n) is 7.86. The summed E-state index contributed by atoms with van der Waals surface area (Å²) in [6.45, 7) is 8.10. The standard InChI is InChI=1S/C16H21N5O3/c1-10-9-13(18-16(17-10)23-4)20-5-7-21(8-6-20)15(22)14-11(2)19-24-12(14)3/h9H,5-8H2,1-4H3. The number of nitrogens with zero attached hydrogens (tertiary/aromatic N) is 5. The van der Waals surface area contributed by atoms with Gasteiger partial charge in [-0.05, 0) is 20.8 Å². The van der Waals surface area contributed by atoms with Crippen LogP contribution in [0.1, 0.15) is 27.5 Å². The first-order valence-corrected chi connectivity index (χ1v) is 7.86. The van der Waals surface area contributed by atoms with E-state index in [1.54, 1.807) is 21.0 Å². The lowest BCUT2D eigenvalue weighted by molar-refractivity contribution is 0.0744. The number of piperazine rings is 1. The van der Waals surface area contributed by atoms with E-state index in [0.717, 1.165) is 11.5 Å². The molecule has 8 heteroatoms. The molecule has 0 saturated carbocycles. The molecular formula is C16H21N5O3. The second-order valence-corrected chi connectivity index (χ2v) is 5.83. The van der Waals surface area contributed by atoms with Crippen LogP contribution in [0.5, 0.6) is 6.01 Å². The van der Waals surface area contributed by atoms with E-state index < -0.39 is 0 Å². The number of amides is 1. The highest BCUT2D eigenvalue weighted by molar-refractivity contribution is 5.96. The maximum absolute atomic E-state index is 12.7. The van der Waals surface area contributed by atoms with Crippen molar-refractivity contribution in [2.45, 2.75) is 20.8 Å². The predicted octanol–water partition coefficient (Wildman–Crippen LogP) is 1.36. The molecule has 3 heterocycles. The molecule has 128 valence electrons. The number of ether oxygens (including phenoxy) is 1. The maximum atomic E-state index is 12.7. The molecule has 0 aromatic carbocycles. The molecule has 1 saturated heterocycles. The second-order valence-electron chi connectivity index (χ2n) is 5.83. The van der Waals surface area contributed by atoms with Gasteiger partial charge in [-0.1, -0.05) is 5.16 Å². The highest BCUT2D eigenvalue weighted by atomic mass is 16.5. The first-order chi connectivity index (χ1) is 11.5. The topological polar surface area (TPSA) is 84.6 Å². The van der Waals surface area contributed by atoms with Crippen molar-refractivity contribution in [3.8, 4) is 6.01 Å². The normalized spacial score (nSPS) is 14.8. The molecule has 1 aliphatic rings. The molecule has 0 bridgehead atoms. The van der Waals surface area contributed by atoms with E-state index in [1.165, 1.54) is 0 Å². The zero-order chi connectivity index (χ0) is 17.3. The Morgan fingerprint density at radius 1 is 1.17 bits per heavy atom. The number of aromatic nitrogens is 3. The van der Waals surface area contributed by atoms with Gasteiger partial charge in [0.1, 0.15) is 17.1 Å². The lowest BCUT2D eigenvalue weighted by Crippen LogP contribution is -2.49. The monoisotopic (exact) mass is 331 g/mol. The Kier molecular flexibility index (Phi) is 4.37. The van der Waals surface area contributed by atoms with Gasteiger partial charge in [0.2, 0.25) is 0 Å². The largest absolute Gasteiger partial charge is 0.467 e. The fraction of sp³-hybridized carbons (Fsp3) is 0.500. The molecule has 24 heavy (non-hydrogen) atoms. The Morgan fingerprint density at radius 2 is 1.88 bits per heavy atom. The zero-order valence-electron chi connectivity index (χ0n) is 14.4. The summed E-state index contributed by atoms with van der Waals surface area (Å²) in [5, 5.41) is 3.86. The molecule has 1 fully saturated rings. The number of carbonyl (C=O) groups is 1. The first kappa shape index (κ1) is 16.2. The van der Waals surface area contributed by atoms with Crippen LogP contribution in [0.4, 0.5) is 5.82 Å². The van der Waals surface area contributed by atoms with Gasteiger partial charge in [0.25, 0.3) is 5.91 Å². The summed E-state index contributed by atoms with van der Waals surface area (Å²) in [5.41, 5.74) is 2.06. The molecule has 1 aliphatic heterocycles. The van der Waals surface area contributed by atoms with Crippen LogP contribution < -0.4 is 9.64 Å². The fourth-order valence-corrected chi connectivity index (χ4v) is 2.86. The van der Waals surface area contributed by atoms with Gasteiger partial charge in [-0.15, -0.1) is 0 Å². The Balaban J connectivity index is 1.70.